The number of morpholine rings is 1. The number of hydrogen-bond acceptors (Lipinski definition) is 7. The number of nitrogen functional groups attached to an aromatic ring is 1. The first kappa shape index (κ1) is 20.5. The number of aromatic nitrogens is 2. The Hall–Kier alpha value is -3.72. The fourth-order valence-corrected chi connectivity index (χ4v) is 3.60. The number of phenols is 1. The fraction of sp³-hybridized carbons (Fsp3) is 0.227. The van der Waals surface area contributed by atoms with Crippen molar-refractivity contribution in [2.45, 2.75) is 19.1 Å². The lowest BCUT2D eigenvalue weighted by atomic mass is 10.0. The molecule has 0 radical (unpaired) electrons. The van der Waals surface area contributed by atoms with Crippen LogP contribution in [-0.4, -0.2) is 45.6 Å². The van der Waals surface area contributed by atoms with Gasteiger partial charge in [-0.15, -0.1) is 10.2 Å². The van der Waals surface area contributed by atoms with Gasteiger partial charge in [0.15, 0.2) is 5.82 Å². The molecule has 1 saturated heterocycles. The number of halogens is 1. The fourth-order valence-electron chi connectivity index (χ4n) is 3.60. The van der Waals surface area contributed by atoms with E-state index >= 15 is 0 Å². The standard InChI is InChI=1S/C22H21FN4O4/c1-12-11-31-20(13-2-4-14(5-3-13)22(29)30)10-27(12)18-9-17(25-26-21(18)24)16-8-15(23)6-7-19(16)28/h2-9,12,20,28H,10-11H2,1H3,(H2,24,26)(H,29,30)/t12-,20+/m1/s1. The minimum Gasteiger partial charge on any atom is -0.507 e. The number of aromatic carboxylic acids is 1. The maximum atomic E-state index is 13.7. The molecule has 0 aliphatic carbocycles. The first-order valence-electron chi connectivity index (χ1n) is 9.67. The van der Waals surface area contributed by atoms with E-state index in [1.165, 1.54) is 24.3 Å². The SMILES string of the molecule is C[C@@H]1CO[C@H](c2ccc(C(=O)O)cc2)CN1c1cc(-c2cc(F)ccc2O)nnc1N. The first-order valence-corrected chi connectivity index (χ1v) is 9.67. The molecule has 1 aliphatic rings. The van der Waals surface area contributed by atoms with Crippen LogP contribution in [0.5, 0.6) is 5.75 Å². The summed E-state index contributed by atoms with van der Waals surface area (Å²) in [6.45, 7) is 2.83. The maximum Gasteiger partial charge on any atom is 0.335 e. The van der Waals surface area contributed by atoms with Crippen molar-refractivity contribution >= 4 is 17.5 Å². The van der Waals surface area contributed by atoms with E-state index in [1.54, 1.807) is 18.2 Å². The van der Waals surface area contributed by atoms with Crippen LogP contribution in [0.2, 0.25) is 0 Å². The van der Waals surface area contributed by atoms with Crippen molar-refractivity contribution in [3.8, 4) is 17.0 Å². The summed E-state index contributed by atoms with van der Waals surface area (Å²) in [5.41, 5.74) is 8.25. The van der Waals surface area contributed by atoms with Crippen LogP contribution in [0.25, 0.3) is 11.3 Å². The van der Waals surface area contributed by atoms with Crippen LogP contribution in [0.4, 0.5) is 15.9 Å². The molecule has 1 fully saturated rings. The predicted octanol–water partition coefficient (Wildman–Crippen LogP) is 3.24. The van der Waals surface area contributed by atoms with Crippen LogP contribution < -0.4 is 10.6 Å². The summed E-state index contributed by atoms with van der Waals surface area (Å²) in [7, 11) is 0. The van der Waals surface area contributed by atoms with E-state index in [2.05, 4.69) is 10.2 Å². The van der Waals surface area contributed by atoms with Crippen molar-refractivity contribution in [1.82, 2.24) is 10.2 Å². The summed E-state index contributed by atoms with van der Waals surface area (Å²) < 4.78 is 19.7. The van der Waals surface area contributed by atoms with Crippen molar-refractivity contribution in [2.75, 3.05) is 23.8 Å². The Balaban J connectivity index is 1.66. The number of carbonyl (C=O) groups is 1. The lowest BCUT2D eigenvalue weighted by molar-refractivity contribution is 0.0215. The number of nitrogens with two attached hydrogens (primary N) is 1. The lowest BCUT2D eigenvalue weighted by Crippen LogP contribution is -2.45. The number of nitrogens with zero attached hydrogens (tertiary/aromatic N) is 3. The molecule has 4 N–H and O–H groups in total. The molecule has 3 aromatic rings. The largest absolute Gasteiger partial charge is 0.507 e. The molecule has 4 rings (SSSR count). The number of carboxylic acid groups (broad SMARTS) is 1. The number of hydrogen-bond donors (Lipinski definition) is 3. The van der Waals surface area contributed by atoms with Crippen LogP contribution in [0.1, 0.15) is 28.9 Å². The average Bonchev–Trinajstić information content (AvgIpc) is 2.76. The number of ether oxygens (including phenoxy) is 1. The Morgan fingerprint density at radius 2 is 1.94 bits per heavy atom. The quantitative estimate of drug-likeness (QED) is 0.584. The third-order valence-electron chi connectivity index (χ3n) is 5.31. The summed E-state index contributed by atoms with van der Waals surface area (Å²) in [6.07, 6.45) is -0.308. The Bertz CT molecular complexity index is 1120. The van der Waals surface area contributed by atoms with Gasteiger partial charge in [0.2, 0.25) is 0 Å². The van der Waals surface area contributed by atoms with E-state index in [1.807, 2.05) is 11.8 Å². The van der Waals surface area contributed by atoms with Gasteiger partial charge < -0.3 is 25.6 Å². The average molecular weight is 424 g/mol. The van der Waals surface area contributed by atoms with Crippen LogP contribution in [0.3, 0.4) is 0 Å². The smallest absolute Gasteiger partial charge is 0.335 e. The molecule has 1 aromatic heterocycles. The second kappa shape index (κ2) is 8.19. The molecule has 1 aliphatic heterocycles. The van der Waals surface area contributed by atoms with Crippen molar-refractivity contribution < 1.29 is 24.1 Å². The molecule has 9 heteroatoms. The van der Waals surface area contributed by atoms with Crippen LogP contribution >= 0.6 is 0 Å². The van der Waals surface area contributed by atoms with Gasteiger partial charge in [-0.2, -0.15) is 0 Å². The highest BCUT2D eigenvalue weighted by Crippen LogP contribution is 2.35. The first-order chi connectivity index (χ1) is 14.8. The highest BCUT2D eigenvalue weighted by Gasteiger charge is 2.29. The second-order valence-corrected chi connectivity index (χ2v) is 7.41. The van der Waals surface area contributed by atoms with Gasteiger partial charge in [0.25, 0.3) is 0 Å². The molecule has 160 valence electrons. The third kappa shape index (κ3) is 4.13. The summed E-state index contributed by atoms with van der Waals surface area (Å²) in [6, 6.07) is 11.8. The number of benzene rings is 2. The van der Waals surface area contributed by atoms with Crippen LogP contribution in [0, 0.1) is 5.82 Å². The van der Waals surface area contributed by atoms with Gasteiger partial charge in [-0.25, -0.2) is 9.18 Å². The van der Waals surface area contributed by atoms with Gasteiger partial charge in [-0.3, -0.25) is 0 Å². The molecule has 2 atom stereocenters. The predicted molar refractivity (Wildman–Crippen MR) is 112 cm³/mol. The Morgan fingerprint density at radius 1 is 1.19 bits per heavy atom. The van der Waals surface area contributed by atoms with Crippen molar-refractivity contribution in [1.29, 1.82) is 0 Å². The van der Waals surface area contributed by atoms with E-state index < -0.39 is 11.8 Å². The van der Waals surface area contributed by atoms with Crippen molar-refractivity contribution in [3.63, 3.8) is 0 Å². The highest BCUT2D eigenvalue weighted by molar-refractivity contribution is 5.87. The number of aromatic hydroxyl groups is 1. The minimum absolute atomic E-state index is 0.0324. The second-order valence-electron chi connectivity index (χ2n) is 7.41. The molecule has 31 heavy (non-hydrogen) atoms. The zero-order chi connectivity index (χ0) is 22.1. The Morgan fingerprint density at radius 3 is 2.65 bits per heavy atom. The van der Waals surface area contributed by atoms with E-state index in [9.17, 15) is 14.3 Å². The third-order valence-corrected chi connectivity index (χ3v) is 5.31. The van der Waals surface area contributed by atoms with Crippen LogP contribution in [0.15, 0.2) is 48.5 Å². The summed E-state index contributed by atoms with van der Waals surface area (Å²) in [5.74, 6) is -1.40. The normalized spacial score (nSPS) is 18.7. The molecule has 2 aromatic carbocycles. The lowest BCUT2D eigenvalue weighted by Gasteiger charge is -2.40. The highest BCUT2D eigenvalue weighted by atomic mass is 19.1. The number of anilines is 2. The number of rotatable bonds is 4. The van der Waals surface area contributed by atoms with Crippen molar-refractivity contribution in [3.05, 3.63) is 65.5 Å². The van der Waals surface area contributed by atoms with Crippen LogP contribution in [-0.2, 0) is 4.74 Å². The van der Waals surface area contributed by atoms with E-state index in [0.717, 1.165) is 11.6 Å². The van der Waals surface area contributed by atoms with E-state index in [4.69, 9.17) is 15.6 Å². The van der Waals surface area contributed by atoms with Gasteiger partial charge >= 0.3 is 5.97 Å². The van der Waals surface area contributed by atoms with Crippen molar-refractivity contribution in [2.24, 2.45) is 0 Å². The van der Waals surface area contributed by atoms with Gasteiger partial charge in [0.1, 0.15) is 17.7 Å². The summed E-state index contributed by atoms with van der Waals surface area (Å²) >= 11 is 0. The van der Waals surface area contributed by atoms with E-state index in [0.29, 0.717) is 24.5 Å². The molecule has 8 nitrogen and oxygen atoms in total. The molecule has 0 saturated carbocycles. The van der Waals surface area contributed by atoms with Gasteiger partial charge in [0, 0.05) is 18.2 Å². The summed E-state index contributed by atoms with van der Waals surface area (Å²) in [4.78, 5) is 13.1. The molecule has 2 heterocycles. The van der Waals surface area contributed by atoms with Gasteiger partial charge in [-0.05, 0) is 48.9 Å². The molecular weight excluding hydrogens is 403 g/mol. The molecule has 0 bridgehead atoms. The Kier molecular flexibility index (Phi) is 5.43. The minimum atomic E-state index is -0.991. The monoisotopic (exact) mass is 424 g/mol. The summed E-state index contributed by atoms with van der Waals surface area (Å²) in [5, 5.41) is 27.2. The number of carboxylic acids is 1. The molecule has 0 amide bonds. The van der Waals surface area contributed by atoms with Gasteiger partial charge in [-0.1, -0.05) is 12.1 Å². The van der Waals surface area contributed by atoms with E-state index in [-0.39, 0.29) is 34.8 Å². The van der Waals surface area contributed by atoms with Gasteiger partial charge in [0.05, 0.1) is 23.6 Å². The molecule has 0 spiro atoms. The zero-order valence-corrected chi connectivity index (χ0v) is 16.7. The Labute approximate surface area is 177 Å². The maximum absolute atomic E-state index is 13.7. The number of phenolic OH excluding ortho intramolecular Hbond substituents is 1. The topological polar surface area (TPSA) is 122 Å². The molecular formula is C22H21FN4O4. The molecule has 0 unspecified atom stereocenters. The zero-order valence-electron chi connectivity index (χ0n) is 16.7.